The first-order chi connectivity index (χ1) is 8.72. The Labute approximate surface area is 109 Å². The third-order valence-corrected chi connectivity index (χ3v) is 3.99. The Bertz CT molecular complexity index is 373. The number of hydrogen-bond donors (Lipinski definition) is 1. The molecule has 0 radical (unpaired) electrons. The average molecular weight is 249 g/mol. The zero-order valence-electron chi connectivity index (χ0n) is 11.3. The van der Waals surface area contributed by atoms with Gasteiger partial charge in [-0.05, 0) is 44.8 Å². The number of ether oxygens (including phenoxy) is 1. The molecule has 1 heterocycles. The van der Waals surface area contributed by atoms with Gasteiger partial charge in [-0.3, -0.25) is 4.90 Å². The van der Waals surface area contributed by atoms with E-state index in [2.05, 4.69) is 11.8 Å². The summed E-state index contributed by atoms with van der Waals surface area (Å²) < 4.78 is 5.22. The van der Waals surface area contributed by atoms with E-state index in [0.29, 0.717) is 11.7 Å². The second kappa shape index (κ2) is 6.21. The molecule has 2 rings (SSSR count). The largest absolute Gasteiger partial charge is 0.508 e. The quantitative estimate of drug-likeness (QED) is 0.890. The van der Waals surface area contributed by atoms with Crippen LogP contribution in [0.5, 0.6) is 5.75 Å². The van der Waals surface area contributed by atoms with Gasteiger partial charge in [0.15, 0.2) is 0 Å². The van der Waals surface area contributed by atoms with Gasteiger partial charge in [-0.2, -0.15) is 0 Å². The summed E-state index contributed by atoms with van der Waals surface area (Å²) in [4.78, 5) is 2.45. The van der Waals surface area contributed by atoms with Crippen molar-refractivity contribution in [2.24, 2.45) is 5.92 Å². The lowest BCUT2D eigenvalue weighted by Crippen LogP contribution is -2.36. The minimum atomic E-state index is 0.287. The van der Waals surface area contributed by atoms with E-state index in [1.165, 1.54) is 12.8 Å². The zero-order chi connectivity index (χ0) is 13.0. The summed E-state index contributed by atoms with van der Waals surface area (Å²) in [6.07, 6.45) is 2.37. The lowest BCUT2D eigenvalue weighted by molar-refractivity contribution is 0.0828. The lowest BCUT2D eigenvalue weighted by atomic mass is 9.95. The van der Waals surface area contributed by atoms with Crippen LogP contribution in [0.3, 0.4) is 0 Å². The summed E-state index contributed by atoms with van der Waals surface area (Å²) in [6.45, 7) is 5.22. The Kier molecular flexibility index (Phi) is 4.61. The van der Waals surface area contributed by atoms with Crippen molar-refractivity contribution in [1.82, 2.24) is 4.90 Å². The number of phenolic OH excluding ortho intramolecular Hbond substituents is 1. The van der Waals surface area contributed by atoms with Crippen LogP contribution in [-0.4, -0.2) is 36.8 Å². The summed E-state index contributed by atoms with van der Waals surface area (Å²) in [6, 6.07) is 7.93. The van der Waals surface area contributed by atoms with Crippen LogP contribution in [0.25, 0.3) is 0 Å². The Hall–Kier alpha value is -1.06. The Morgan fingerprint density at radius 2 is 2.00 bits per heavy atom. The number of para-hydroxylation sites is 1. The van der Waals surface area contributed by atoms with Crippen LogP contribution in [0, 0.1) is 5.92 Å². The molecule has 1 fully saturated rings. The molecule has 1 atom stereocenters. The number of piperidine rings is 1. The van der Waals surface area contributed by atoms with Gasteiger partial charge in [0.05, 0.1) is 0 Å². The van der Waals surface area contributed by atoms with Crippen molar-refractivity contribution < 1.29 is 9.84 Å². The van der Waals surface area contributed by atoms with Gasteiger partial charge in [-0.15, -0.1) is 0 Å². The molecule has 3 heteroatoms. The number of phenols is 1. The Balaban J connectivity index is 1.95. The molecule has 0 saturated carbocycles. The molecule has 0 bridgehead atoms. The maximum absolute atomic E-state index is 9.90. The summed E-state index contributed by atoms with van der Waals surface area (Å²) in [5, 5.41) is 9.90. The van der Waals surface area contributed by atoms with E-state index in [4.69, 9.17) is 4.74 Å². The van der Waals surface area contributed by atoms with E-state index in [9.17, 15) is 5.11 Å². The van der Waals surface area contributed by atoms with Crippen LogP contribution in [-0.2, 0) is 4.74 Å². The van der Waals surface area contributed by atoms with Crippen LogP contribution in [0.1, 0.15) is 31.4 Å². The van der Waals surface area contributed by atoms with Gasteiger partial charge in [-0.25, -0.2) is 0 Å². The summed E-state index contributed by atoms with van der Waals surface area (Å²) in [7, 11) is 1.77. The molecule has 1 aromatic carbocycles. The van der Waals surface area contributed by atoms with Gasteiger partial charge < -0.3 is 9.84 Å². The van der Waals surface area contributed by atoms with E-state index >= 15 is 0 Å². The normalized spacial score (nSPS) is 19.9. The van der Waals surface area contributed by atoms with Crippen molar-refractivity contribution in [3.63, 3.8) is 0 Å². The minimum absolute atomic E-state index is 0.287. The fourth-order valence-corrected chi connectivity index (χ4v) is 2.78. The predicted molar refractivity (Wildman–Crippen MR) is 72.7 cm³/mol. The maximum atomic E-state index is 9.90. The number of hydrogen-bond acceptors (Lipinski definition) is 3. The molecular weight excluding hydrogens is 226 g/mol. The van der Waals surface area contributed by atoms with E-state index in [1.807, 2.05) is 18.2 Å². The molecule has 0 spiro atoms. The van der Waals surface area contributed by atoms with Crippen molar-refractivity contribution in [3.8, 4) is 5.75 Å². The lowest BCUT2D eigenvalue weighted by Gasteiger charge is -2.36. The minimum Gasteiger partial charge on any atom is -0.508 e. The van der Waals surface area contributed by atoms with Gasteiger partial charge in [0, 0.05) is 25.3 Å². The van der Waals surface area contributed by atoms with Crippen molar-refractivity contribution in [3.05, 3.63) is 29.8 Å². The first-order valence-corrected chi connectivity index (χ1v) is 6.73. The van der Waals surface area contributed by atoms with Crippen molar-refractivity contribution in [1.29, 1.82) is 0 Å². The third-order valence-electron chi connectivity index (χ3n) is 3.99. The number of benzene rings is 1. The van der Waals surface area contributed by atoms with Crippen molar-refractivity contribution in [2.75, 3.05) is 26.8 Å². The number of nitrogens with zero attached hydrogens (tertiary/aromatic N) is 1. The van der Waals surface area contributed by atoms with Crippen LogP contribution in [0.2, 0.25) is 0 Å². The summed E-state index contributed by atoms with van der Waals surface area (Å²) >= 11 is 0. The molecule has 0 amide bonds. The van der Waals surface area contributed by atoms with Crippen LogP contribution >= 0.6 is 0 Å². The first-order valence-electron chi connectivity index (χ1n) is 6.73. The van der Waals surface area contributed by atoms with E-state index in [0.717, 1.165) is 25.3 Å². The Morgan fingerprint density at radius 1 is 1.33 bits per heavy atom. The SMILES string of the molecule is COCC1CCN(C(C)c2ccccc2O)CC1. The van der Waals surface area contributed by atoms with Crippen LogP contribution in [0.4, 0.5) is 0 Å². The molecule has 3 nitrogen and oxygen atoms in total. The van der Waals surface area contributed by atoms with E-state index in [1.54, 1.807) is 13.2 Å². The van der Waals surface area contributed by atoms with Gasteiger partial charge >= 0.3 is 0 Å². The number of rotatable bonds is 4. The highest BCUT2D eigenvalue weighted by molar-refractivity contribution is 5.34. The van der Waals surface area contributed by atoms with Gasteiger partial charge in [0.2, 0.25) is 0 Å². The summed E-state index contributed by atoms with van der Waals surface area (Å²) in [5.74, 6) is 1.10. The maximum Gasteiger partial charge on any atom is 0.120 e. The van der Waals surface area contributed by atoms with Gasteiger partial charge in [-0.1, -0.05) is 18.2 Å². The highest BCUT2D eigenvalue weighted by Gasteiger charge is 2.24. The molecule has 0 aromatic heterocycles. The smallest absolute Gasteiger partial charge is 0.120 e. The molecule has 1 N–H and O–H groups in total. The van der Waals surface area contributed by atoms with E-state index in [-0.39, 0.29) is 6.04 Å². The molecule has 0 aliphatic carbocycles. The predicted octanol–water partition coefficient (Wildman–Crippen LogP) is 2.81. The van der Waals surface area contributed by atoms with Crippen LogP contribution < -0.4 is 0 Å². The molecule has 1 aromatic rings. The standard InChI is InChI=1S/C15H23NO2/c1-12(14-5-3-4-6-15(14)17)16-9-7-13(8-10-16)11-18-2/h3-6,12-13,17H,7-11H2,1-2H3. The number of likely N-dealkylation sites (tertiary alicyclic amines) is 1. The first kappa shape index (κ1) is 13.4. The molecule has 100 valence electrons. The molecular formula is C15H23NO2. The summed E-state index contributed by atoms with van der Waals surface area (Å²) in [5.41, 5.74) is 1.03. The molecule has 1 aliphatic heterocycles. The molecule has 1 unspecified atom stereocenters. The molecule has 18 heavy (non-hydrogen) atoms. The number of methoxy groups -OCH3 is 1. The molecule has 1 saturated heterocycles. The Morgan fingerprint density at radius 3 is 2.61 bits per heavy atom. The molecule has 1 aliphatic rings. The fraction of sp³-hybridized carbons (Fsp3) is 0.600. The second-order valence-electron chi connectivity index (χ2n) is 5.17. The zero-order valence-corrected chi connectivity index (χ0v) is 11.3. The monoisotopic (exact) mass is 249 g/mol. The topological polar surface area (TPSA) is 32.7 Å². The highest BCUT2D eigenvalue weighted by Crippen LogP contribution is 2.31. The fourth-order valence-electron chi connectivity index (χ4n) is 2.78. The second-order valence-corrected chi connectivity index (χ2v) is 5.17. The number of aromatic hydroxyl groups is 1. The van der Waals surface area contributed by atoms with Gasteiger partial charge in [0.25, 0.3) is 0 Å². The third kappa shape index (κ3) is 3.03. The van der Waals surface area contributed by atoms with Crippen molar-refractivity contribution in [2.45, 2.75) is 25.8 Å². The van der Waals surface area contributed by atoms with Crippen LogP contribution in [0.15, 0.2) is 24.3 Å². The average Bonchev–Trinajstić information content (AvgIpc) is 2.40. The van der Waals surface area contributed by atoms with E-state index < -0.39 is 0 Å². The van der Waals surface area contributed by atoms with Crippen molar-refractivity contribution >= 4 is 0 Å². The highest BCUT2D eigenvalue weighted by atomic mass is 16.5. The van der Waals surface area contributed by atoms with Gasteiger partial charge in [0.1, 0.15) is 5.75 Å².